The number of hydrogen-bond donors (Lipinski definition) is 1. The predicted octanol–water partition coefficient (Wildman–Crippen LogP) is 5.68. The Labute approximate surface area is 146 Å². The largest absolute Gasteiger partial charge is 0.357 e. The monoisotopic (exact) mass is 347 g/mol. The van der Waals surface area contributed by atoms with Gasteiger partial charge in [0.1, 0.15) is 0 Å². The quantitative estimate of drug-likeness (QED) is 0.517. The number of ketones is 1. The van der Waals surface area contributed by atoms with E-state index in [1.165, 1.54) is 61.2 Å². The van der Waals surface area contributed by atoms with Crippen LogP contribution in [-0.2, 0) is 0 Å². The molecule has 0 atom stereocenters. The number of anilines is 1. The highest BCUT2D eigenvalue weighted by atomic mass is 32.1. The molecule has 1 N–H and O–H groups in total. The third-order valence-corrected chi connectivity index (χ3v) is 6.41. The van der Waals surface area contributed by atoms with Gasteiger partial charge in [-0.2, -0.15) is 0 Å². The maximum Gasteiger partial charge on any atom is 0.214 e. The molecule has 0 saturated heterocycles. The summed E-state index contributed by atoms with van der Waals surface area (Å²) in [5, 5.41) is 6.02. The Kier molecular flexibility index (Phi) is 5.84. The highest BCUT2D eigenvalue weighted by Crippen LogP contribution is 2.28. The van der Waals surface area contributed by atoms with Gasteiger partial charge < -0.3 is 5.32 Å². The number of aromatic nitrogens is 1. The molecule has 0 bridgehead atoms. The summed E-state index contributed by atoms with van der Waals surface area (Å²) in [7, 11) is 0. The van der Waals surface area contributed by atoms with Crippen molar-refractivity contribution in [2.45, 2.75) is 51.9 Å². The van der Waals surface area contributed by atoms with E-state index in [2.05, 4.69) is 16.8 Å². The summed E-state index contributed by atoms with van der Waals surface area (Å²) in [6, 6.07) is 1.98. The normalized spacial score (nSPS) is 15.7. The smallest absolute Gasteiger partial charge is 0.214 e. The Hall–Kier alpha value is -1.20. The zero-order valence-electron chi connectivity index (χ0n) is 13.5. The molecular weight excluding hydrogens is 324 g/mol. The molecule has 2 aromatic heterocycles. The van der Waals surface area contributed by atoms with Gasteiger partial charge in [0.15, 0.2) is 5.13 Å². The van der Waals surface area contributed by atoms with Crippen LogP contribution >= 0.6 is 22.7 Å². The Morgan fingerprint density at radius 3 is 2.96 bits per heavy atom. The van der Waals surface area contributed by atoms with Crippen LogP contribution in [0.4, 0.5) is 5.13 Å². The molecule has 1 saturated carbocycles. The van der Waals surface area contributed by atoms with Gasteiger partial charge in [0.2, 0.25) is 5.78 Å². The molecule has 0 spiro atoms. The van der Waals surface area contributed by atoms with Gasteiger partial charge in [-0.1, -0.05) is 43.4 Å². The van der Waals surface area contributed by atoms with Crippen molar-refractivity contribution in [3.63, 3.8) is 0 Å². The van der Waals surface area contributed by atoms with E-state index in [-0.39, 0.29) is 5.78 Å². The van der Waals surface area contributed by atoms with Crippen LogP contribution in [0.25, 0.3) is 0 Å². The lowest BCUT2D eigenvalue weighted by Gasteiger charge is -2.21. The molecule has 0 unspecified atom stereocenters. The standard InChI is InChI=1S/C18H23N2OS2/c1-13-9-11-22-17(13)16(21)15-12-20-18(23-15)19-10-5-8-14-6-3-2-4-7-14/h9-12,14H,2-8H2,1H3,(H,19,20). The lowest BCUT2D eigenvalue weighted by molar-refractivity contribution is 0.104. The molecule has 2 aromatic rings. The predicted molar refractivity (Wildman–Crippen MR) is 98.3 cm³/mol. The van der Waals surface area contributed by atoms with Crippen molar-refractivity contribution in [2.24, 2.45) is 5.92 Å². The minimum Gasteiger partial charge on any atom is -0.357 e. The molecule has 2 heterocycles. The number of carbonyl (C=O) groups is 1. The summed E-state index contributed by atoms with van der Waals surface area (Å²) in [5.74, 6) is 0.988. The van der Waals surface area contributed by atoms with Crippen LogP contribution < -0.4 is 5.32 Å². The van der Waals surface area contributed by atoms with E-state index in [4.69, 9.17) is 0 Å². The summed E-state index contributed by atoms with van der Waals surface area (Å²) in [4.78, 5) is 18.3. The highest BCUT2D eigenvalue weighted by Gasteiger charge is 2.16. The second kappa shape index (κ2) is 8.06. The number of nitrogens with zero attached hydrogens (tertiary/aromatic N) is 1. The van der Waals surface area contributed by atoms with E-state index in [0.29, 0.717) is 4.88 Å². The fraction of sp³-hybridized carbons (Fsp3) is 0.500. The van der Waals surface area contributed by atoms with Gasteiger partial charge in [-0.15, -0.1) is 11.3 Å². The van der Waals surface area contributed by atoms with E-state index in [1.807, 2.05) is 18.4 Å². The fourth-order valence-corrected chi connectivity index (χ4v) is 4.82. The number of carbonyl (C=O) groups excluding carboxylic acids is 1. The third-order valence-electron chi connectivity index (χ3n) is 4.47. The Balaban J connectivity index is 1.46. The molecule has 1 radical (unpaired) electrons. The second-order valence-corrected chi connectivity index (χ2v) is 8.17. The first-order chi connectivity index (χ1) is 11.2. The van der Waals surface area contributed by atoms with Gasteiger partial charge in [0.05, 0.1) is 16.0 Å². The lowest BCUT2D eigenvalue weighted by Crippen LogP contribution is -2.07. The van der Waals surface area contributed by atoms with Crippen molar-refractivity contribution in [1.82, 2.24) is 4.98 Å². The summed E-state index contributed by atoms with van der Waals surface area (Å²) in [6.45, 7) is 4.07. The highest BCUT2D eigenvalue weighted by molar-refractivity contribution is 7.19. The lowest BCUT2D eigenvalue weighted by atomic mass is 9.86. The molecule has 123 valence electrons. The Bertz CT molecular complexity index is 641. The van der Waals surface area contributed by atoms with Crippen LogP contribution in [-0.4, -0.2) is 10.8 Å². The van der Waals surface area contributed by atoms with Crippen LogP contribution in [0.5, 0.6) is 0 Å². The number of thiazole rings is 1. The summed E-state index contributed by atoms with van der Waals surface area (Å²) in [6.07, 6.45) is 11.0. The van der Waals surface area contributed by atoms with Crippen molar-refractivity contribution in [1.29, 1.82) is 0 Å². The second-order valence-electron chi connectivity index (χ2n) is 6.22. The van der Waals surface area contributed by atoms with Crippen molar-refractivity contribution in [3.8, 4) is 0 Å². The van der Waals surface area contributed by atoms with Crippen molar-refractivity contribution < 1.29 is 4.79 Å². The van der Waals surface area contributed by atoms with E-state index in [0.717, 1.165) is 27.9 Å². The number of thiophene rings is 1. The van der Waals surface area contributed by atoms with Crippen LogP contribution in [0.2, 0.25) is 0 Å². The third kappa shape index (κ3) is 4.42. The molecule has 23 heavy (non-hydrogen) atoms. The summed E-state index contributed by atoms with van der Waals surface area (Å²) >= 11 is 2.94. The first-order valence-corrected chi connectivity index (χ1v) is 10.1. The number of rotatable bonds is 7. The van der Waals surface area contributed by atoms with Crippen LogP contribution in [0.3, 0.4) is 0 Å². The van der Waals surface area contributed by atoms with Crippen LogP contribution in [0.1, 0.15) is 65.1 Å². The average molecular weight is 348 g/mol. The Morgan fingerprint density at radius 2 is 2.22 bits per heavy atom. The molecule has 3 nitrogen and oxygen atoms in total. The van der Waals surface area contributed by atoms with E-state index in [9.17, 15) is 4.79 Å². The van der Waals surface area contributed by atoms with Crippen LogP contribution in [0, 0.1) is 19.4 Å². The number of aryl methyl sites for hydroxylation is 1. The van der Waals surface area contributed by atoms with Crippen molar-refractivity contribution in [2.75, 3.05) is 5.32 Å². The number of nitrogens with one attached hydrogen (secondary N) is 1. The molecule has 0 amide bonds. The molecule has 1 fully saturated rings. The SMILES string of the molecule is Cc1ccsc1C(=O)c1cnc(N[CH]CCC2CCCCC2)s1. The fourth-order valence-electron chi connectivity index (χ4n) is 3.12. The first-order valence-electron chi connectivity index (χ1n) is 8.37. The summed E-state index contributed by atoms with van der Waals surface area (Å²) < 4.78 is 0. The van der Waals surface area contributed by atoms with Gasteiger partial charge in [-0.3, -0.25) is 4.79 Å². The molecule has 0 aromatic carbocycles. The number of hydrogen-bond acceptors (Lipinski definition) is 5. The summed E-state index contributed by atoms with van der Waals surface area (Å²) in [5.41, 5.74) is 1.04. The van der Waals surface area contributed by atoms with E-state index >= 15 is 0 Å². The van der Waals surface area contributed by atoms with Gasteiger partial charge in [-0.25, -0.2) is 4.98 Å². The van der Waals surface area contributed by atoms with Crippen molar-refractivity contribution in [3.05, 3.63) is 39.5 Å². The maximum atomic E-state index is 12.4. The zero-order chi connectivity index (χ0) is 16.1. The van der Waals surface area contributed by atoms with E-state index < -0.39 is 0 Å². The van der Waals surface area contributed by atoms with Gasteiger partial charge in [0, 0.05) is 6.54 Å². The molecule has 0 aliphatic heterocycles. The van der Waals surface area contributed by atoms with Gasteiger partial charge >= 0.3 is 0 Å². The average Bonchev–Trinajstić information content (AvgIpc) is 3.21. The molecule has 1 aliphatic carbocycles. The minimum atomic E-state index is 0.0882. The first kappa shape index (κ1) is 16.7. The zero-order valence-corrected chi connectivity index (χ0v) is 15.1. The minimum absolute atomic E-state index is 0.0882. The van der Waals surface area contributed by atoms with Crippen LogP contribution in [0.15, 0.2) is 17.6 Å². The van der Waals surface area contributed by atoms with E-state index in [1.54, 1.807) is 6.20 Å². The van der Waals surface area contributed by atoms with Gasteiger partial charge in [0.25, 0.3) is 0 Å². The molecule has 5 heteroatoms. The molecule has 3 rings (SSSR count). The Morgan fingerprint density at radius 1 is 1.39 bits per heavy atom. The topological polar surface area (TPSA) is 42.0 Å². The van der Waals surface area contributed by atoms with Crippen molar-refractivity contribution >= 4 is 33.6 Å². The maximum absolute atomic E-state index is 12.4. The molecular formula is C18H23N2OS2. The van der Waals surface area contributed by atoms with Gasteiger partial charge in [-0.05, 0) is 42.7 Å². The molecule has 1 aliphatic rings.